The van der Waals surface area contributed by atoms with E-state index in [2.05, 4.69) is 22.5 Å². The van der Waals surface area contributed by atoms with Crippen LogP contribution in [-0.4, -0.2) is 66.3 Å². The molecule has 0 saturated carbocycles. The number of rotatable bonds is 5. The number of carbonyl (C=O) groups excluding carboxylic acids is 1. The molecule has 1 aromatic heterocycles. The molecule has 0 aliphatic carbocycles. The van der Waals surface area contributed by atoms with Gasteiger partial charge in [-0.05, 0) is 65.5 Å². The Morgan fingerprint density at radius 3 is 2.47 bits per heavy atom. The summed E-state index contributed by atoms with van der Waals surface area (Å²) in [5, 5.41) is 6.94. The average Bonchev–Trinajstić information content (AvgIpc) is 2.96. The number of nitrogens with one attached hydrogen (secondary N) is 2. The lowest BCUT2D eigenvalue weighted by Crippen LogP contribution is -2.55. The summed E-state index contributed by atoms with van der Waals surface area (Å²) in [5.74, 6) is 1.73. The predicted molar refractivity (Wildman–Crippen MR) is 140 cm³/mol. The molecule has 1 amide bonds. The summed E-state index contributed by atoms with van der Waals surface area (Å²) in [5.41, 5.74) is 0.470. The minimum Gasteiger partial charge on any atom is -0.444 e. The summed E-state index contributed by atoms with van der Waals surface area (Å²) >= 11 is 0. The number of nitrogens with zero attached hydrogens (tertiary/aromatic N) is 4. The number of halogens is 1. The molecule has 0 radical (unpaired) electrons. The quantitative estimate of drug-likeness (QED) is 0.326. The molecule has 180 valence electrons. The van der Waals surface area contributed by atoms with Crippen LogP contribution in [0.2, 0.25) is 0 Å². The van der Waals surface area contributed by atoms with E-state index < -0.39 is 5.60 Å². The molecular formula is C23H39IN6O2. The number of amides is 1. The Kier molecular flexibility index (Phi) is 9.41. The molecule has 2 saturated heterocycles. The molecule has 3 rings (SSSR count). The van der Waals surface area contributed by atoms with E-state index in [1.54, 1.807) is 0 Å². The Morgan fingerprint density at radius 1 is 1.25 bits per heavy atom. The third-order valence-corrected chi connectivity index (χ3v) is 5.67. The number of fused-ring (bicyclic) bond motifs is 2. The molecule has 2 bridgehead atoms. The van der Waals surface area contributed by atoms with Gasteiger partial charge >= 0.3 is 6.09 Å². The molecule has 1 aromatic rings. The van der Waals surface area contributed by atoms with Gasteiger partial charge in [0, 0.05) is 38.8 Å². The number of ether oxygens (including phenoxy) is 1. The van der Waals surface area contributed by atoms with Crippen LogP contribution < -0.4 is 15.5 Å². The molecule has 0 aromatic carbocycles. The number of aromatic nitrogens is 1. The van der Waals surface area contributed by atoms with Crippen molar-refractivity contribution < 1.29 is 9.53 Å². The smallest absolute Gasteiger partial charge is 0.410 e. The van der Waals surface area contributed by atoms with Crippen LogP contribution in [0, 0.1) is 0 Å². The van der Waals surface area contributed by atoms with Crippen molar-refractivity contribution in [1.82, 2.24) is 20.5 Å². The van der Waals surface area contributed by atoms with E-state index in [1.165, 1.54) is 0 Å². The number of carbonyl (C=O) groups is 1. The maximum absolute atomic E-state index is 12.7. The maximum atomic E-state index is 12.7. The van der Waals surface area contributed by atoms with Gasteiger partial charge < -0.3 is 25.2 Å². The summed E-state index contributed by atoms with van der Waals surface area (Å²) < 4.78 is 5.65. The van der Waals surface area contributed by atoms with E-state index in [1.807, 2.05) is 62.9 Å². The molecule has 32 heavy (non-hydrogen) atoms. The summed E-state index contributed by atoms with van der Waals surface area (Å²) in [6, 6.07) is 6.75. The SMILES string of the molecule is CCNC(=NCc1cccc(N(C)C)n1)NC1CC2CCC(C1)N2C(=O)OC(C)(C)C.I. The van der Waals surface area contributed by atoms with Crippen molar-refractivity contribution in [3.63, 3.8) is 0 Å². The third kappa shape index (κ3) is 7.11. The molecule has 2 atom stereocenters. The van der Waals surface area contributed by atoms with Gasteiger partial charge in [-0.3, -0.25) is 0 Å². The second kappa shape index (κ2) is 11.4. The summed E-state index contributed by atoms with van der Waals surface area (Å²) in [4.78, 5) is 26.1. The standard InChI is InChI=1S/C23H38N6O2.HI/c1-7-24-21(25-15-16-9-8-10-20(26-16)28(5)6)27-17-13-18-11-12-19(14-17)29(18)22(30)31-23(2,3)4;/h8-10,17-19H,7,11-15H2,1-6H3,(H2,24,25,27);1H. The van der Waals surface area contributed by atoms with Crippen LogP contribution in [0.5, 0.6) is 0 Å². The van der Waals surface area contributed by atoms with Crippen molar-refractivity contribution in [3.8, 4) is 0 Å². The van der Waals surface area contributed by atoms with Crippen LogP contribution in [0.4, 0.5) is 10.6 Å². The molecule has 2 N–H and O–H groups in total. The minimum absolute atomic E-state index is 0. The molecule has 2 aliphatic rings. The first-order valence-electron chi connectivity index (χ1n) is 11.4. The Bertz CT molecular complexity index is 781. The monoisotopic (exact) mass is 558 g/mol. The van der Waals surface area contributed by atoms with Crippen molar-refractivity contribution in [3.05, 3.63) is 23.9 Å². The van der Waals surface area contributed by atoms with Crippen molar-refractivity contribution in [1.29, 1.82) is 0 Å². The van der Waals surface area contributed by atoms with Gasteiger partial charge in [0.1, 0.15) is 11.4 Å². The van der Waals surface area contributed by atoms with Gasteiger partial charge in [0.25, 0.3) is 0 Å². The average molecular weight is 559 g/mol. The molecule has 8 nitrogen and oxygen atoms in total. The van der Waals surface area contributed by atoms with E-state index in [4.69, 9.17) is 9.73 Å². The normalized spacial score (nSPS) is 22.8. The van der Waals surface area contributed by atoms with Crippen LogP contribution >= 0.6 is 24.0 Å². The summed E-state index contributed by atoms with van der Waals surface area (Å²) in [6.45, 7) is 9.13. The number of hydrogen-bond donors (Lipinski definition) is 2. The molecule has 3 heterocycles. The second-order valence-corrected chi connectivity index (χ2v) is 9.66. The van der Waals surface area contributed by atoms with E-state index in [-0.39, 0.29) is 48.2 Å². The van der Waals surface area contributed by atoms with E-state index >= 15 is 0 Å². The highest BCUT2D eigenvalue weighted by atomic mass is 127. The van der Waals surface area contributed by atoms with Crippen molar-refractivity contribution in [2.75, 3.05) is 25.5 Å². The Morgan fingerprint density at radius 2 is 1.91 bits per heavy atom. The van der Waals surface area contributed by atoms with E-state index in [0.29, 0.717) is 6.54 Å². The number of pyridine rings is 1. The van der Waals surface area contributed by atoms with Crippen LogP contribution in [0.1, 0.15) is 59.1 Å². The minimum atomic E-state index is -0.464. The van der Waals surface area contributed by atoms with E-state index in [9.17, 15) is 4.79 Å². The lowest BCUT2D eigenvalue weighted by molar-refractivity contribution is 0.00545. The van der Waals surface area contributed by atoms with Crippen LogP contribution in [0.25, 0.3) is 0 Å². The number of hydrogen-bond acceptors (Lipinski definition) is 5. The predicted octanol–water partition coefficient (Wildman–Crippen LogP) is 3.75. The highest BCUT2D eigenvalue weighted by molar-refractivity contribution is 14.0. The van der Waals surface area contributed by atoms with Gasteiger partial charge in [-0.2, -0.15) is 0 Å². The van der Waals surface area contributed by atoms with Crippen LogP contribution in [0.3, 0.4) is 0 Å². The fourth-order valence-electron chi connectivity index (χ4n) is 4.39. The first kappa shape index (κ1) is 26.5. The maximum Gasteiger partial charge on any atom is 0.410 e. The summed E-state index contributed by atoms with van der Waals surface area (Å²) in [6.07, 6.45) is 3.72. The Labute approximate surface area is 209 Å². The van der Waals surface area contributed by atoms with Gasteiger partial charge in [0.15, 0.2) is 5.96 Å². The molecular weight excluding hydrogens is 519 g/mol. The third-order valence-electron chi connectivity index (χ3n) is 5.67. The summed E-state index contributed by atoms with van der Waals surface area (Å²) in [7, 11) is 3.97. The zero-order chi connectivity index (χ0) is 22.6. The fourth-order valence-corrected chi connectivity index (χ4v) is 4.39. The van der Waals surface area contributed by atoms with Crippen LogP contribution in [-0.2, 0) is 11.3 Å². The zero-order valence-electron chi connectivity index (χ0n) is 20.2. The van der Waals surface area contributed by atoms with Crippen molar-refractivity contribution in [2.45, 2.75) is 83.6 Å². The largest absolute Gasteiger partial charge is 0.444 e. The van der Waals surface area contributed by atoms with Gasteiger partial charge in [0.05, 0.1) is 12.2 Å². The van der Waals surface area contributed by atoms with Gasteiger partial charge in [-0.25, -0.2) is 14.8 Å². The zero-order valence-corrected chi connectivity index (χ0v) is 22.6. The highest BCUT2D eigenvalue weighted by Gasteiger charge is 2.45. The lowest BCUT2D eigenvalue weighted by atomic mass is 9.98. The van der Waals surface area contributed by atoms with Crippen molar-refractivity contribution in [2.24, 2.45) is 4.99 Å². The fraction of sp³-hybridized carbons (Fsp3) is 0.696. The first-order valence-corrected chi connectivity index (χ1v) is 11.4. The topological polar surface area (TPSA) is 82.1 Å². The number of anilines is 1. The van der Waals surface area contributed by atoms with Gasteiger partial charge in [-0.15, -0.1) is 24.0 Å². The number of guanidine groups is 1. The van der Waals surface area contributed by atoms with Gasteiger partial charge in [0.2, 0.25) is 0 Å². The second-order valence-electron chi connectivity index (χ2n) is 9.66. The van der Waals surface area contributed by atoms with E-state index in [0.717, 1.165) is 49.7 Å². The van der Waals surface area contributed by atoms with Gasteiger partial charge in [-0.1, -0.05) is 6.07 Å². The van der Waals surface area contributed by atoms with Crippen LogP contribution in [0.15, 0.2) is 23.2 Å². The Hall–Kier alpha value is -1.78. The first-order chi connectivity index (χ1) is 14.7. The lowest BCUT2D eigenvalue weighted by Gasteiger charge is -2.40. The highest BCUT2D eigenvalue weighted by Crippen LogP contribution is 2.36. The molecule has 2 aliphatic heterocycles. The molecule has 2 fully saturated rings. The molecule has 2 unspecified atom stereocenters. The molecule has 9 heteroatoms. The van der Waals surface area contributed by atoms with Crippen molar-refractivity contribution >= 4 is 41.8 Å². The molecule has 0 spiro atoms. The number of piperidine rings is 1. The Balaban J connectivity index is 0.00000363. The number of aliphatic imine (C=N–C) groups is 1.